The Hall–Kier alpha value is -3.23. The van der Waals surface area contributed by atoms with Gasteiger partial charge in [-0.2, -0.15) is 0 Å². The van der Waals surface area contributed by atoms with Crippen LogP contribution in [0.15, 0.2) is 24.4 Å². The molecule has 0 radical (unpaired) electrons. The van der Waals surface area contributed by atoms with Crippen molar-refractivity contribution >= 4 is 23.4 Å². The Bertz CT molecular complexity index is 904. The molecule has 9 nitrogen and oxygen atoms in total. The summed E-state index contributed by atoms with van der Waals surface area (Å²) in [5, 5.41) is 10.4. The molecule has 0 fully saturated rings. The van der Waals surface area contributed by atoms with Gasteiger partial charge in [0.15, 0.2) is 5.69 Å². The molecule has 2 heterocycles. The molecule has 1 atom stereocenters. The third-order valence-electron chi connectivity index (χ3n) is 4.46. The van der Waals surface area contributed by atoms with E-state index in [1.807, 2.05) is 32.0 Å². The van der Waals surface area contributed by atoms with Gasteiger partial charge in [0.1, 0.15) is 12.6 Å². The number of rotatable bonds is 5. The Morgan fingerprint density at radius 3 is 2.70 bits per heavy atom. The number of hydrogen-bond acceptors (Lipinski definition) is 5. The minimum Gasteiger partial charge on any atom is -0.347 e. The highest BCUT2D eigenvalue weighted by molar-refractivity contribution is 6.07. The number of hydrogen-bond donors (Lipinski definition) is 1. The van der Waals surface area contributed by atoms with Crippen LogP contribution in [0.3, 0.4) is 0 Å². The molecule has 0 spiro atoms. The predicted molar refractivity (Wildman–Crippen MR) is 98.1 cm³/mol. The molecule has 1 aliphatic rings. The molecule has 0 bridgehead atoms. The van der Waals surface area contributed by atoms with Crippen LogP contribution >= 0.6 is 0 Å². The number of nitrogens with one attached hydrogen (secondary N) is 1. The van der Waals surface area contributed by atoms with Gasteiger partial charge in [-0.15, -0.1) is 5.10 Å². The maximum Gasteiger partial charge on any atom is 0.274 e. The summed E-state index contributed by atoms with van der Waals surface area (Å²) >= 11 is 0. The van der Waals surface area contributed by atoms with Crippen LogP contribution in [0.1, 0.15) is 34.6 Å². The number of amides is 3. The first kappa shape index (κ1) is 18.6. The van der Waals surface area contributed by atoms with Crippen LogP contribution in [0.4, 0.5) is 5.69 Å². The van der Waals surface area contributed by atoms with Crippen LogP contribution in [0.2, 0.25) is 0 Å². The molecule has 1 aromatic heterocycles. The van der Waals surface area contributed by atoms with Gasteiger partial charge in [0, 0.05) is 31.9 Å². The lowest BCUT2D eigenvalue weighted by Crippen LogP contribution is -2.37. The molecule has 0 aliphatic carbocycles. The van der Waals surface area contributed by atoms with Gasteiger partial charge in [-0.1, -0.05) is 22.9 Å². The Morgan fingerprint density at radius 2 is 2.04 bits per heavy atom. The fraction of sp³-hybridized carbons (Fsp3) is 0.389. The van der Waals surface area contributed by atoms with Gasteiger partial charge in [-0.3, -0.25) is 14.4 Å². The first-order valence-corrected chi connectivity index (χ1v) is 8.65. The van der Waals surface area contributed by atoms with E-state index in [0.717, 1.165) is 16.8 Å². The van der Waals surface area contributed by atoms with E-state index in [1.54, 1.807) is 19.0 Å². The van der Waals surface area contributed by atoms with E-state index in [2.05, 4.69) is 15.6 Å². The van der Waals surface area contributed by atoms with E-state index in [0.29, 0.717) is 6.54 Å². The average Bonchev–Trinajstić information content (AvgIpc) is 3.18. The summed E-state index contributed by atoms with van der Waals surface area (Å²) in [6.45, 7) is 4.33. The fourth-order valence-corrected chi connectivity index (χ4v) is 2.99. The van der Waals surface area contributed by atoms with E-state index in [-0.39, 0.29) is 24.1 Å². The van der Waals surface area contributed by atoms with Crippen LogP contribution in [-0.4, -0.2) is 58.3 Å². The van der Waals surface area contributed by atoms with Gasteiger partial charge in [0.2, 0.25) is 5.91 Å². The zero-order chi connectivity index (χ0) is 19.7. The second-order valence-electron chi connectivity index (χ2n) is 6.64. The van der Waals surface area contributed by atoms with Crippen LogP contribution in [0, 0.1) is 6.92 Å². The van der Waals surface area contributed by atoms with Crippen molar-refractivity contribution in [3.8, 4) is 0 Å². The third-order valence-corrected chi connectivity index (χ3v) is 4.46. The first-order chi connectivity index (χ1) is 12.8. The zero-order valence-electron chi connectivity index (χ0n) is 15.8. The van der Waals surface area contributed by atoms with E-state index in [4.69, 9.17) is 0 Å². The minimum absolute atomic E-state index is 0.0126. The smallest absolute Gasteiger partial charge is 0.274 e. The van der Waals surface area contributed by atoms with Gasteiger partial charge >= 0.3 is 0 Å². The highest BCUT2D eigenvalue weighted by Gasteiger charge is 2.37. The van der Waals surface area contributed by atoms with Crippen LogP contribution in [0.25, 0.3) is 0 Å². The van der Waals surface area contributed by atoms with Gasteiger partial charge in [0.25, 0.3) is 11.8 Å². The van der Waals surface area contributed by atoms with Crippen molar-refractivity contribution in [3.63, 3.8) is 0 Å². The van der Waals surface area contributed by atoms with Gasteiger partial charge in [-0.05, 0) is 19.9 Å². The first-order valence-electron chi connectivity index (χ1n) is 8.65. The maximum absolute atomic E-state index is 12.7. The number of anilines is 1. The number of carbonyl (C=O) groups excluding carboxylic acids is 3. The molecule has 1 aliphatic heterocycles. The van der Waals surface area contributed by atoms with Crippen LogP contribution < -0.4 is 10.2 Å². The lowest BCUT2D eigenvalue weighted by Gasteiger charge is -2.15. The summed E-state index contributed by atoms with van der Waals surface area (Å²) in [7, 11) is 3.27. The number of aromatic nitrogens is 3. The molecule has 9 heteroatoms. The van der Waals surface area contributed by atoms with Crippen molar-refractivity contribution in [2.75, 3.05) is 25.5 Å². The van der Waals surface area contributed by atoms with E-state index in [1.165, 1.54) is 15.8 Å². The monoisotopic (exact) mass is 370 g/mol. The van der Waals surface area contributed by atoms with E-state index < -0.39 is 11.9 Å². The average molecular weight is 370 g/mol. The molecular formula is C18H22N6O3. The number of likely N-dealkylation sites (N-methyl/N-ethyl adjacent to an activating group) is 2. The summed E-state index contributed by atoms with van der Waals surface area (Å²) in [5.41, 5.74) is 2.63. The summed E-state index contributed by atoms with van der Waals surface area (Å²) in [6.07, 6.45) is 1.39. The molecule has 2 aromatic rings. The van der Waals surface area contributed by atoms with E-state index >= 15 is 0 Å². The maximum atomic E-state index is 12.7. The fourth-order valence-electron chi connectivity index (χ4n) is 2.99. The quantitative estimate of drug-likeness (QED) is 0.827. The van der Waals surface area contributed by atoms with Crippen molar-refractivity contribution < 1.29 is 14.4 Å². The van der Waals surface area contributed by atoms with Gasteiger partial charge in [0.05, 0.1) is 6.20 Å². The van der Waals surface area contributed by atoms with Gasteiger partial charge < -0.3 is 15.1 Å². The Kier molecular flexibility index (Phi) is 4.93. The molecular weight excluding hydrogens is 348 g/mol. The second-order valence-corrected chi connectivity index (χ2v) is 6.64. The van der Waals surface area contributed by atoms with Crippen molar-refractivity contribution in [2.45, 2.75) is 26.4 Å². The lowest BCUT2D eigenvalue weighted by atomic mass is 10.1. The van der Waals surface area contributed by atoms with Gasteiger partial charge in [-0.25, -0.2) is 4.68 Å². The highest BCUT2D eigenvalue weighted by atomic mass is 16.2. The molecule has 142 valence electrons. The molecule has 1 N–H and O–H groups in total. The van der Waals surface area contributed by atoms with Crippen LogP contribution in [0.5, 0.6) is 0 Å². The van der Waals surface area contributed by atoms with Crippen molar-refractivity contribution in [3.05, 3.63) is 41.2 Å². The minimum atomic E-state index is -0.763. The number of fused-ring (bicyclic) bond motifs is 1. The van der Waals surface area contributed by atoms with Crippen LogP contribution in [-0.2, 0) is 16.1 Å². The van der Waals surface area contributed by atoms with Crippen molar-refractivity contribution in [2.24, 2.45) is 0 Å². The number of aryl methyl sites for hydroxylation is 1. The molecule has 1 aromatic carbocycles. The second kappa shape index (κ2) is 7.18. The SMILES string of the molecule is CCN1C(=O)[C@H](NC(=O)c2cn(CC(=O)N(C)C)nn2)c2cc(C)ccc21. The molecule has 27 heavy (non-hydrogen) atoms. The largest absolute Gasteiger partial charge is 0.347 e. The van der Waals surface area contributed by atoms with Crippen molar-refractivity contribution in [1.82, 2.24) is 25.2 Å². The normalized spacial score (nSPS) is 15.6. The summed E-state index contributed by atoms with van der Waals surface area (Å²) < 4.78 is 1.30. The standard InChI is InChI=1S/C18H22N6O3/c1-5-24-14-7-6-11(2)8-12(14)16(18(24)27)19-17(26)13-9-23(21-20-13)10-15(25)22(3)4/h6-9,16H,5,10H2,1-4H3,(H,19,26)/t16-/m1/s1. The molecule has 3 amide bonds. The zero-order valence-corrected chi connectivity index (χ0v) is 15.8. The molecule has 0 saturated heterocycles. The predicted octanol–water partition coefficient (Wildman–Crippen LogP) is 0.512. The summed E-state index contributed by atoms with van der Waals surface area (Å²) in [5.74, 6) is -0.857. The Labute approximate surface area is 156 Å². The Morgan fingerprint density at radius 1 is 1.30 bits per heavy atom. The summed E-state index contributed by atoms with van der Waals surface area (Å²) in [6, 6.07) is 4.97. The van der Waals surface area contributed by atoms with Crippen molar-refractivity contribution in [1.29, 1.82) is 0 Å². The molecule has 0 unspecified atom stereocenters. The van der Waals surface area contributed by atoms with E-state index in [9.17, 15) is 14.4 Å². The lowest BCUT2D eigenvalue weighted by molar-refractivity contribution is -0.129. The number of carbonyl (C=O) groups is 3. The highest BCUT2D eigenvalue weighted by Crippen LogP contribution is 2.36. The Balaban J connectivity index is 1.79. The topological polar surface area (TPSA) is 100 Å². The number of nitrogens with zero attached hydrogens (tertiary/aromatic N) is 5. The molecule has 0 saturated carbocycles. The molecule has 3 rings (SSSR count). The number of benzene rings is 1. The third kappa shape index (κ3) is 3.53. The summed E-state index contributed by atoms with van der Waals surface area (Å²) in [4.78, 5) is 40.1.